The van der Waals surface area contributed by atoms with Crippen LogP contribution in [-0.4, -0.2) is 22.4 Å². The van der Waals surface area contributed by atoms with Crippen LogP contribution in [0.5, 0.6) is 0 Å². The van der Waals surface area contributed by atoms with Crippen LogP contribution in [0.25, 0.3) is 0 Å². The Morgan fingerprint density at radius 2 is 1.86 bits per heavy atom. The summed E-state index contributed by atoms with van der Waals surface area (Å²) in [5, 5.41) is 2.71. The summed E-state index contributed by atoms with van der Waals surface area (Å²) in [6.07, 6.45) is 0. The van der Waals surface area contributed by atoms with Crippen molar-refractivity contribution in [2.45, 2.75) is 20.8 Å². The van der Waals surface area contributed by atoms with Gasteiger partial charge in [-0.3, -0.25) is 4.79 Å². The molecular weight excluding hydrogens is 362 g/mol. The number of hydrogen-bond donors (Lipinski definition) is 1. The third kappa shape index (κ3) is 4.31. The number of halogens is 2. The average molecular weight is 382 g/mol. The van der Waals surface area contributed by atoms with Gasteiger partial charge in [-0.2, -0.15) is 0 Å². The summed E-state index contributed by atoms with van der Waals surface area (Å²) in [6, 6.07) is 12.3. The van der Waals surface area contributed by atoms with Gasteiger partial charge >= 0.3 is 0 Å². The Kier molecular flexibility index (Phi) is 5.63. The molecule has 1 heterocycles. The highest BCUT2D eigenvalue weighted by atomic mass is 19.1. The fourth-order valence-electron chi connectivity index (χ4n) is 2.82. The number of carbonyl (C=O) groups excluding carboxylic acids is 1. The zero-order valence-corrected chi connectivity index (χ0v) is 15.8. The molecule has 0 atom stereocenters. The van der Waals surface area contributed by atoms with Gasteiger partial charge < -0.3 is 10.2 Å². The second-order valence-corrected chi connectivity index (χ2v) is 6.36. The van der Waals surface area contributed by atoms with Gasteiger partial charge in [0.25, 0.3) is 5.91 Å². The largest absolute Gasteiger partial charge is 0.322 e. The number of aryl methyl sites for hydroxylation is 2. The van der Waals surface area contributed by atoms with E-state index in [-0.39, 0.29) is 23.2 Å². The van der Waals surface area contributed by atoms with E-state index >= 15 is 0 Å². The lowest BCUT2D eigenvalue weighted by atomic mass is 10.2. The van der Waals surface area contributed by atoms with Crippen LogP contribution in [0.3, 0.4) is 0 Å². The SMILES string of the molecule is CCN(C(=O)c1cc(C)nc(Nc2ccc(F)cc2F)n1)c1cccc(C)c1. The number of rotatable bonds is 5. The average Bonchev–Trinajstić information content (AvgIpc) is 2.64. The molecule has 0 spiro atoms. The predicted octanol–water partition coefficient (Wildman–Crippen LogP) is 4.78. The first-order valence-corrected chi connectivity index (χ1v) is 8.83. The number of carbonyl (C=O) groups is 1. The summed E-state index contributed by atoms with van der Waals surface area (Å²) in [4.78, 5) is 23.1. The Balaban J connectivity index is 1.92. The number of amides is 1. The van der Waals surface area contributed by atoms with Crippen molar-refractivity contribution in [2.75, 3.05) is 16.8 Å². The van der Waals surface area contributed by atoms with Crippen molar-refractivity contribution in [3.05, 3.63) is 77.1 Å². The Morgan fingerprint density at radius 3 is 2.54 bits per heavy atom. The van der Waals surface area contributed by atoms with E-state index in [0.29, 0.717) is 12.2 Å². The van der Waals surface area contributed by atoms with Gasteiger partial charge in [-0.1, -0.05) is 12.1 Å². The molecule has 0 radical (unpaired) electrons. The molecule has 1 N–H and O–H groups in total. The molecule has 3 rings (SSSR count). The summed E-state index contributed by atoms with van der Waals surface area (Å²) < 4.78 is 27.0. The molecule has 0 aliphatic rings. The van der Waals surface area contributed by atoms with Gasteiger partial charge in [0, 0.05) is 24.0 Å². The van der Waals surface area contributed by atoms with E-state index in [4.69, 9.17) is 0 Å². The van der Waals surface area contributed by atoms with Gasteiger partial charge in [0.15, 0.2) is 0 Å². The van der Waals surface area contributed by atoms with Crippen molar-refractivity contribution >= 4 is 23.2 Å². The van der Waals surface area contributed by atoms with Gasteiger partial charge in [-0.15, -0.1) is 0 Å². The minimum absolute atomic E-state index is 0.0245. The molecule has 5 nitrogen and oxygen atoms in total. The number of nitrogens with one attached hydrogen (secondary N) is 1. The third-order valence-corrected chi connectivity index (χ3v) is 4.13. The minimum atomic E-state index is -0.770. The number of anilines is 3. The predicted molar refractivity (Wildman–Crippen MR) is 105 cm³/mol. The van der Waals surface area contributed by atoms with Crippen LogP contribution in [0.15, 0.2) is 48.5 Å². The molecule has 7 heteroatoms. The van der Waals surface area contributed by atoms with E-state index in [9.17, 15) is 13.6 Å². The van der Waals surface area contributed by atoms with Gasteiger partial charge in [0.1, 0.15) is 17.3 Å². The van der Waals surface area contributed by atoms with Crippen LogP contribution in [-0.2, 0) is 0 Å². The summed E-state index contributed by atoms with van der Waals surface area (Å²) >= 11 is 0. The van der Waals surface area contributed by atoms with E-state index in [1.165, 1.54) is 6.07 Å². The standard InChI is InChI=1S/C21H20F2N4O/c1-4-27(16-7-5-6-13(2)10-16)20(28)19-11-14(3)24-21(26-19)25-18-9-8-15(22)12-17(18)23/h5-12H,4H2,1-3H3,(H,24,25,26). The second kappa shape index (κ2) is 8.12. The Hall–Kier alpha value is -3.35. The second-order valence-electron chi connectivity index (χ2n) is 6.36. The first kappa shape index (κ1) is 19.4. The molecular formula is C21H20F2N4O. The van der Waals surface area contributed by atoms with Gasteiger partial charge in [0.2, 0.25) is 5.95 Å². The lowest BCUT2D eigenvalue weighted by Gasteiger charge is -2.21. The maximum Gasteiger partial charge on any atom is 0.277 e. The molecule has 2 aromatic carbocycles. The molecule has 0 aliphatic carbocycles. The number of nitrogens with zero attached hydrogens (tertiary/aromatic N) is 3. The summed E-state index contributed by atoms with van der Waals surface area (Å²) in [5.41, 5.74) is 2.56. The van der Waals surface area contributed by atoms with Crippen LogP contribution in [0.4, 0.5) is 26.1 Å². The molecule has 0 saturated heterocycles. The maximum absolute atomic E-state index is 13.9. The minimum Gasteiger partial charge on any atom is -0.322 e. The van der Waals surface area contributed by atoms with Crippen LogP contribution in [0.2, 0.25) is 0 Å². The molecule has 0 unspecified atom stereocenters. The quantitative estimate of drug-likeness (QED) is 0.690. The van der Waals surface area contributed by atoms with Crippen molar-refractivity contribution < 1.29 is 13.6 Å². The van der Waals surface area contributed by atoms with Crippen molar-refractivity contribution in [2.24, 2.45) is 0 Å². The van der Waals surface area contributed by atoms with E-state index < -0.39 is 11.6 Å². The zero-order valence-electron chi connectivity index (χ0n) is 15.8. The normalized spacial score (nSPS) is 10.6. The number of aromatic nitrogens is 2. The van der Waals surface area contributed by atoms with Crippen LogP contribution in [0, 0.1) is 25.5 Å². The molecule has 0 aliphatic heterocycles. The topological polar surface area (TPSA) is 58.1 Å². The van der Waals surface area contributed by atoms with Crippen molar-refractivity contribution in [3.63, 3.8) is 0 Å². The molecule has 0 saturated carbocycles. The van der Waals surface area contributed by atoms with Crippen LogP contribution in [0.1, 0.15) is 28.7 Å². The maximum atomic E-state index is 13.9. The van der Waals surface area contributed by atoms with E-state index in [0.717, 1.165) is 23.4 Å². The molecule has 3 aromatic rings. The zero-order chi connectivity index (χ0) is 20.3. The summed E-state index contributed by atoms with van der Waals surface area (Å²) in [6.45, 7) is 6.01. The smallest absolute Gasteiger partial charge is 0.277 e. The lowest BCUT2D eigenvalue weighted by molar-refractivity contribution is 0.0983. The van der Waals surface area contributed by atoms with E-state index in [2.05, 4.69) is 15.3 Å². The highest BCUT2D eigenvalue weighted by molar-refractivity contribution is 6.05. The number of hydrogen-bond acceptors (Lipinski definition) is 4. The molecule has 144 valence electrons. The molecule has 1 amide bonds. The highest BCUT2D eigenvalue weighted by Crippen LogP contribution is 2.21. The molecule has 1 aromatic heterocycles. The van der Waals surface area contributed by atoms with Crippen LogP contribution >= 0.6 is 0 Å². The van der Waals surface area contributed by atoms with E-state index in [1.807, 2.05) is 38.1 Å². The highest BCUT2D eigenvalue weighted by Gasteiger charge is 2.19. The summed E-state index contributed by atoms with van der Waals surface area (Å²) in [7, 11) is 0. The molecule has 28 heavy (non-hydrogen) atoms. The molecule has 0 bridgehead atoms. The Bertz CT molecular complexity index is 1020. The molecule has 0 fully saturated rings. The first-order chi connectivity index (χ1) is 13.4. The first-order valence-electron chi connectivity index (χ1n) is 8.83. The number of benzene rings is 2. The Morgan fingerprint density at radius 1 is 1.07 bits per heavy atom. The van der Waals surface area contributed by atoms with Gasteiger partial charge in [0.05, 0.1) is 5.69 Å². The monoisotopic (exact) mass is 382 g/mol. The van der Waals surface area contributed by atoms with Gasteiger partial charge in [-0.25, -0.2) is 18.7 Å². The fourth-order valence-corrected chi connectivity index (χ4v) is 2.82. The Labute approximate surface area is 162 Å². The fraction of sp³-hybridized carbons (Fsp3) is 0.190. The van der Waals surface area contributed by atoms with Crippen LogP contribution < -0.4 is 10.2 Å². The van der Waals surface area contributed by atoms with Crippen molar-refractivity contribution in [1.82, 2.24) is 9.97 Å². The van der Waals surface area contributed by atoms with Gasteiger partial charge in [-0.05, 0) is 56.7 Å². The van der Waals surface area contributed by atoms with E-state index in [1.54, 1.807) is 17.9 Å². The van der Waals surface area contributed by atoms with Crippen molar-refractivity contribution in [3.8, 4) is 0 Å². The third-order valence-electron chi connectivity index (χ3n) is 4.13. The summed E-state index contributed by atoms with van der Waals surface area (Å²) in [5.74, 6) is -1.68. The lowest BCUT2D eigenvalue weighted by Crippen LogP contribution is -2.31. The van der Waals surface area contributed by atoms with Crippen molar-refractivity contribution in [1.29, 1.82) is 0 Å².